The first kappa shape index (κ1) is 19.9. The zero-order chi connectivity index (χ0) is 18.4. The Morgan fingerprint density at radius 2 is 1.93 bits per heavy atom. The molecule has 130 valence electrons. The van der Waals surface area contributed by atoms with Gasteiger partial charge >= 0.3 is 29.6 Å². The maximum Gasteiger partial charge on any atom is 1.00 e. The van der Waals surface area contributed by atoms with E-state index < -0.39 is 5.97 Å². The second kappa shape index (κ2) is 7.64. The number of aryl methyl sites for hydroxylation is 1. The summed E-state index contributed by atoms with van der Waals surface area (Å²) < 4.78 is 1.79. The Balaban J connectivity index is 0.00000210. The first-order valence-electron chi connectivity index (χ1n) is 8.30. The number of hydrogen-bond acceptors (Lipinski definition) is 3. The van der Waals surface area contributed by atoms with E-state index in [1.54, 1.807) is 10.8 Å². The van der Waals surface area contributed by atoms with E-state index in [9.17, 15) is 9.90 Å². The molecule has 0 atom stereocenters. The number of para-hydroxylation sites is 1. The van der Waals surface area contributed by atoms with E-state index in [2.05, 4.69) is 11.1 Å². The van der Waals surface area contributed by atoms with Gasteiger partial charge in [0.1, 0.15) is 0 Å². The fraction of sp³-hybridized carbons (Fsp3) is 0.143. The number of carbonyl (C=O) groups is 1. The van der Waals surface area contributed by atoms with Crippen molar-refractivity contribution in [3.63, 3.8) is 0 Å². The molecule has 0 fully saturated rings. The number of halogens is 1. The molecule has 4 rings (SSSR count). The summed E-state index contributed by atoms with van der Waals surface area (Å²) >= 11 is 6.32. The van der Waals surface area contributed by atoms with Crippen molar-refractivity contribution in [1.29, 1.82) is 0 Å². The second-order valence-corrected chi connectivity index (χ2v) is 6.84. The van der Waals surface area contributed by atoms with E-state index in [4.69, 9.17) is 11.6 Å². The number of fused-ring (bicyclic) bond motifs is 2. The van der Waals surface area contributed by atoms with Gasteiger partial charge in [0.25, 0.3) is 0 Å². The molecule has 4 nitrogen and oxygen atoms in total. The van der Waals surface area contributed by atoms with Crippen LogP contribution in [0.15, 0.2) is 48.7 Å². The van der Waals surface area contributed by atoms with Gasteiger partial charge in [0, 0.05) is 33.7 Å². The van der Waals surface area contributed by atoms with Crippen LogP contribution in [0.1, 0.15) is 11.3 Å². The second-order valence-electron chi connectivity index (χ2n) is 6.43. The van der Waals surface area contributed by atoms with Crippen LogP contribution in [-0.2, 0) is 11.3 Å². The van der Waals surface area contributed by atoms with Crippen molar-refractivity contribution >= 4 is 39.4 Å². The van der Waals surface area contributed by atoms with Gasteiger partial charge in [0.2, 0.25) is 0 Å². The number of carboxylic acid groups (broad SMARTS) is 1. The Morgan fingerprint density at radius 3 is 2.67 bits per heavy atom. The average Bonchev–Trinajstić information content (AvgIpc) is 2.86. The fourth-order valence-electron chi connectivity index (χ4n) is 3.63. The number of pyridine rings is 1. The predicted octanol–water partition coefficient (Wildman–Crippen LogP) is 0.881. The zero-order valence-corrected chi connectivity index (χ0v) is 18.2. The van der Waals surface area contributed by atoms with Gasteiger partial charge in [-0.15, -0.1) is 0 Å². The van der Waals surface area contributed by atoms with E-state index in [1.807, 2.05) is 50.2 Å². The topological polar surface area (TPSA) is 58.0 Å². The van der Waals surface area contributed by atoms with Gasteiger partial charge in [-0.1, -0.05) is 35.4 Å². The molecule has 2 heterocycles. The molecule has 27 heavy (non-hydrogen) atoms. The van der Waals surface area contributed by atoms with E-state index in [0.29, 0.717) is 5.02 Å². The van der Waals surface area contributed by atoms with Crippen molar-refractivity contribution in [1.82, 2.24) is 9.55 Å². The molecule has 0 saturated heterocycles. The maximum absolute atomic E-state index is 11.3. The van der Waals surface area contributed by atoms with E-state index in [1.165, 1.54) is 0 Å². The summed E-state index contributed by atoms with van der Waals surface area (Å²) in [4.78, 5) is 15.7. The molecule has 0 saturated carbocycles. The molecular formula is C21H16ClN2NaO2. The van der Waals surface area contributed by atoms with Crippen LogP contribution in [0.3, 0.4) is 0 Å². The smallest absolute Gasteiger partial charge is 0.548 e. The van der Waals surface area contributed by atoms with E-state index in [-0.39, 0.29) is 36.1 Å². The summed E-state index contributed by atoms with van der Waals surface area (Å²) in [7, 11) is 0. The van der Waals surface area contributed by atoms with E-state index >= 15 is 0 Å². The minimum absolute atomic E-state index is 0. The molecule has 0 aliphatic heterocycles. The van der Waals surface area contributed by atoms with Gasteiger partial charge in [-0.25, -0.2) is 0 Å². The molecule has 0 aliphatic carbocycles. The third kappa shape index (κ3) is 3.39. The van der Waals surface area contributed by atoms with Gasteiger partial charge in [-0.05, 0) is 43.7 Å². The SMILES string of the molecule is Cc1ccc2c(c1)c(-c1ccnc3c(Cl)cccc13)c(C)n2CC(=O)[O-].[Na+]. The van der Waals surface area contributed by atoms with Crippen LogP contribution < -0.4 is 34.7 Å². The third-order valence-corrected chi connectivity index (χ3v) is 5.06. The Hall–Kier alpha value is -1.85. The molecule has 0 bridgehead atoms. The summed E-state index contributed by atoms with van der Waals surface area (Å²) in [5.41, 5.74) is 5.59. The zero-order valence-electron chi connectivity index (χ0n) is 15.4. The predicted molar refractivity (Wildman–Crippen MR) is 102 cm³/mol. The molecular weight excluding hydrogens is 371 g/mol. The third-order valence-electron chi connectivity index (χ3n) is 4.76. The number of hydrogen-bond donors (Lipinski definition) is 0. The van der Waals surface area contributed by atoms with Crippen LogP contribution in [0, 0.1) is 13.8 Å². The Bertz CT molecular complexity index is 1180. The summed E-state index contributed by atoms with van der Waals surface area (Å²) in [5, 5.41) is 13.8. The number of carboxylic acids is 1. The van der Waals surface area contributed by atoms with Gasteiger partial charge in [-0.2, -0.15) is 0 Å². The van der Waals surface area contributed by atoms with Gasteiger partial charge in [0.05, 0.1) is 23.1 Å². The quantitative estimate of drug-likeness (QED) is 0.491. The number of aliphatic carboxylic acids is 1. The molecule has 0 spiro atoms. The molecule has 4 aromatic rings. The molecule has 0 amide bonds. The molecule has 2 aromatic carbocycles. The summed E-state index contributed by atoms with van der Waals surface area (Å²) in [6, 6.07) is 13.7. The van der Waals surface area contributed by atoms with Crippen LogP contribution >= 0.6 is 11.6 Å². The van der Waals surface area contributed by atoms with Crippen molar-refractivity contribution in [3.8, 4) is 11.1 Å². The van der Waals surface area contributed by atoms with Gasteiger partial charge < -0.3 is 14.5 Å². The number of benzene rings is 2. The average molecular weight is 387 g/mol. The largest absolute Gasteiger partial charge is 1.00 e. The van der Waals surface area contributed by atoms with Gasteiger partial charge in [-0.3, -0.25) is 4.98 Å². The van der Waals surface area contributed by atoms with Crippen molar-refractivity contribution < 1.29 is 39.5 Å². The van der Waals surface area contributed by atoms with Crippen LogP contribution in [0.25, 0.3) is 32.9 Å². The Labute approximate surface area is 184 Å². The molecule has 0 N–H and O–H groups in total. The number of rotatable bonds is 3. The van der Waals surface area contributed by atoms with Crippen molar-refractivity contribution in [2.75, 3.05) is 0 Å². The first-order valence-corrected chi connectivity index (χ1v) is 8.68. The molecule has 0 unspecified atom stereocenters. The Morgan fingerprint density at radius 1 is 1.15 bits per heavy atom. The number of carbonyl (C=O) groups excluding carboxylic acids is 1. The van der Waals surface area contributed by atoms with Crippen LogP contribution in [0.2, 0.25) is 5.02 Å². The summed E-state index contributed by atoms with van der Waals surface area (Å²) in [6.45, 7) is 3.77. The fourth-order valence-corrected chi connectivity index (χ4v) is 3.85. The summed E-state index contributed by atoms with van der Waals surface area (Å²) in [6.07, 6.45) is 1.74. The van der Waals surface area contributed by atoms with Crippen molar-refractivity contribution in [3.05, 3.63) is 64.9 Å². The minimum atomic E-state index is -1.11. The number of nitrogens with zero attached hydrogens (tertiary/aromatic N) is 2. The van der Waals surface area contributed by atoms with Crippen LogP contribution in [0.5, 0.6) is 0 Å². The molecule has 6 heteroatoms. The molecule has 2 aromatic heterocycles. The first-order chi connectivity index (χ1) is 12.5. The Kier molecular flexibility index (Phi) is 5.63. The molecule has 0 aliphatic rings. The van der Waals surface area contributed by atoms with Crippen LogP contribution in [-0.4, -0.2) is 15.5 Å². The standard InChI is InChI=1S/C21H17ClN2O2.Na/c1-12-6-7-18-16(10-12)20(13(2)24(18)11-19(25)26)14-8-9-23-21-15(14)4-3-5-17(21)22;/h3-10H,11H2,1-2H3,(H,25,26);/q;+1/p-1. The van der Waals surface area contributed by atoms with E-state index in [0.717, 1.165) is 44.2 Å². The van der Waals surface area contributed by atoms with Crippen LogP contribution in [0.4, 0.5) is 0 Å². The molecule has 0 radical (unpaired) electrons. The van der Waals surface area contributed by atoms with Gasteiger partial charge in [0.15, 0.2) is 0 Å². The van der Waals surface area contributed by atoms with Crippen molar-refractivity contribution in [2.45, 2.75) is 20.4 Å². The maximum atomic E-state index is 11.3. The normalized spacial score (nSPS) is 10.9. The minimum Gasteiger partial charge on any atom is -0.548 e. The van der Waals surface area contributed by atoms with Crippen molar-refractivity contribution in [2.24, 2.45) is 0 Å². The monoisotopic (exact) mass is 386 g/mol. The number of aromatic nitrogens is 2. The summed E-state index contributed by atoms with van der Waals surface area (Å²) in [5.74, 6) is -1.11.